The lowest BCUT2D eigenvalue weighted by Gasteiger charge is -2.09. The van der Waals surface area contributed by atoms with Crippen LogP contribution in [0.4, 0.5) is 0 Å². The van der Waals surface area contributed by atoms with E-state index in [1.807, 2.05) is 0 Å². The zero-order chi connectivity index (χ0) is 17.0. The molecule has 0 aromatic heterocycles. The summed E-state index contributed by atoms with van der Waals surface area (Å²) in [6, 6.07) is 6.81. The second-order valence-corrected chi connectivity index (χ2v) is 4.67. The molecule has 0 unspecified atom stereocenters. The number of allylic oxidation sites excluding steroid dienone is 1. The van der Waals surface area contributed by atoms with Gasteiger partial charge in [0.15, 0.2) is 17.3 Å². The minimum Gasteiger partial charge on any atom is -0.508 e. The van der Waals surface area contributed by atoms with E-state index in [9.17, 15) is 20.1 Å². The summed E-state index contributed by atoms with van der Waals surface area (Å²) < 4.78 is 10.1. The van der Waals surface area contributed by atoms with Gasteiger partial charge in [-0.05, 0) is 35.9 Å². The molecule has 2 rings (SSSR count). The summed E-state index contributed by atoms with van der Waals surface area (Å²) in [4.78, 5) is 12.1. The number of hydrogen-bond donors (Lipinski definition) is 3. The Bertz CT molecular complexity index is 739. The third-order valence-corrected chi connectivity index (χ3v) is 3.18. The predicted octanol–water partition coefficient (Wildman–Crippen LogP) is 2.72. The van der Waals surface area contributed by atoms with Crippen molar-refractivity contribution in [1.29, 1.82) is 0 Å². The van der Waals surface area contributed by atoms with E-state index in [0.717, 1.165) is 6.07 Å². The highest BCUT2D eigenvalue weighted by molar-refractivity contribution is 6.08. The van der Waals surface area contributed by atoms with Gasteiger partial charge < -0.3 is 24.8 Å². The number of aromatic hydroxyl groups is 3. The Kier molecular flexibility index (Phi) is 4.75. The SMILES string of the molecule is COc1cc(/C=C/C(=O)c2ccc(O)cc2O)cc(OC)c1O. The third-order valence-electron chi connectivity index (χ3n) is 3.18. The number of benzene rings is 2. The lowest BCUT2D eigenvalue weighted by Crippen LogP contribution is -1.95. The Hall–Kier alpha value is -3.15. The minimum absolute atomic E-state index is 0.0664. The molecule has 0 atom stereocenters. The van der Waals surface area contributed by atoms with Gasteiger partial charge in [-0.15, -0.1) is 0 Å². The number of ether oxygens (including phenoxy) is 2. The van der Waals surface area contributed by atoms with Gasteiger partial charge in [0.1, 0.15) is 11.5 Å². The number of hydrogen-bond acceptors (Lipinski definition) is 6. The van der Waals surface area contributed by atoms with Crippen LogP contribution in [0.3, 0.4) is 0 Å². The van der Waals surface area contributed by atoms with Crippen molar-refractivity contribution < 1.29 is 29.6 Å². The number of carbonyl (C=O) groups excluding carboxylic acids is 1. The number of ketones is 1. The normalized spacial score (nSPS) is 10.7. The van der Waals surface area contributed by atoms with Gasteiger partial charge in [-0.3, -0.25) is 4.79 Å². The monoisotopic (exact) mass is 316 g/mol. The van der Waals surface area contributed by atoms with E-state index in [1.54, 1.807) is 0 Å². The van der Waals surface area contributed by atoms with Crippen LogP contribution in [0.2, 0.25) is 0 Å². The first kappa shape index (κ1) is 16.2. The van der Waals surface area contributed by atoms with Crippen LogP contribution in [0.25, 0.3) is 6.08 Å². The van der Waals surface area contributed by atoms with Crippen molar-refractivity contribution in [2.24, 2.45) is 0 Å². The highest BCUT2D eigenvalue weighted by atomic mass is 16.5. The van der Waals surface area contributed by atoms with Gasteiger partial charge >= 0.3 is 0 Å². The van der Waals surface area contributed by atoms with Gasteiger partial charge in [-0.1, -0.05) is 6.08 Å². The van der Waals surface area contributed by atoms with Crippen molar-refractivity contribution in [3.05, 3.63) is 47.5 Å². The van der Waals surface area contributed by atoms with Gasteiger partial charge in [-0.2, -0.15) is 0 Å². The molecule has 0 aliphatic carbocycles. The molecule has 2 aromatic carbocycles. The van der Waals surface area contributed by atoms with Crippen LogP contribution in [-0.2, 0) is 0 Å². The van der Waals surface area contributed by atoms with E-state index in [1.165, 1.54) is 50.6 Å². The quantitative estimate of drug-likeness (QED) is 0.580. The van der Waals surface area contributed by atoms with E-state index in [4.69, 9.17) is 9.47 Å². The summed E-state index contributed by atoms with van der Waals surface area (Å²) in [5.74, 6) is -0.576. The number of carbonyl (C=O) groups is 1. The van der Waals surface area contributed by atoms with Crippen LogP contribution in [0.1, 0.15) is 15.9 Å². The second kappa shape index (κ2) is 6.74. The lowest BCUT2D eigenvalue weighted by molar-refractivity contribution is 0.104. The first-order chi connectivity index (χ1) is 11.0. The van der Waals surface area contributed by atoms with Gasteiger partial charge in [0.2, 0.25) is 5.75 Å². The molecule has 0 aliphatic rings. The standard InChI is InChI=1S/C17H16O6/c1-22-15-7-10(8-16(23-2)17(15)21)3-6-13(19)12-5-4-11(18)9-14(12)20/h3-9,18,20-21H,1-2H3/b6-3+. The Balaban J connectivity index is 2.30. The van der Waals surface area contributed by atoms with E-state index in [2.05, 4.69) is 0 Å². The van der Waals surface area contributed by atoms with Crippen LogP contribution in [0.15, 0.2) is 36.4 Å². The number of phenols is 3. The molecular weight excluding hydrogens is 300 g/mol. The Morgan fingerprint density at radius 3 is 2.13 bits per heavy atom. The van der Waals surface area contributed by atoms with Gasteiger partial charge in [0.05, 0.1) is 19.8 Å². The molecule has 3 N–H and O–H groups in total. The molecule has 0 spiro atoms. The molecule has 6 nitrogen and oxygen atoms in total. The fourth-order valence-electron chi connectivity index (χ4n) is 2.00. The zero-order valence-electron chi connectivity index (χ0n) is 12.6. The van der Waals surface area contributed by atoms with Crippen molar-refractivity contribution in [3.63, 3.8) is 0 Å². The zero-order valence-corrected chi connectivity index (χ0v) is 12.6. The van der Waals surface area contributed by atoms with Crippen molar-refractivity contribution in [3.8, 4) is 28.7 Å². The summed E-state index contributed by atoms with van der Waals surface area (Å²) in [5.41, 5.74) is 0.639. The van der Waals surface area contributed by atoms with E-state index < -0.39 is 5.78 Å². The van der Waals surface area contributed by atoms with E-state index >= 15 is 0 Å². The third kappa shape index (κ3) is 3.55. The molecule has 120 valence electrons. The average molecular weight is 316 g/mol. The topological polar surface area (TPSA) is 96.2 Å². The van der Waals surface area contributed by atoms with Crippen LogP contribution in [-0.4, -0.2) is 35.3 Å². The molecule has 0 saturated heterocycles. The summed E-state index contributed by atoms with van der Waals surface area (Å²) >= 11 is 0. The molecule has 0 fully saturated rings. The van der Waals surface area contributed by atoms with Crippen molar-refractivity contribution >= 4 is 11.9 Å². The predicted molar refractivity (Wildman–Crippen MR) is 84.3 cm³/mol. The highest BCUT2D eigenvalue weighted by Gasteiger charge is 2.11. The molecule has 2 aromatic rings. The van der Waals surface area contributed by atoms with E-state index in [-0.39, 0.29) is 34.3 Å². The van der Waals surface area contributed by atoms with Crippen LogP contribution < -0.4 is 9.47 Å². The summed E-state index contributed by atoms with van der Waals surface area (Å²) in [5, 5.41) is 28.7. The highest BCUT2D eigenvalue weighted by Crippen LogP contribution is 2.37. The second-order valence-electron chi connectivity index (χ2n) is 4.67. The number of methoxy groups -OCH3 is 2. The summed E-state index contributed by atoms with van der Waals surface area (Å²) in [6.45, 7) is 0. The maximum Gasteiger partial charge on any atom is 0.200 e. The van der Waals surface area contributed by atoms with Gasteiger partial charge in [-0.25, -0.2) is 0 Å². The molecular formula is C17H16O6. The molecule has 0 saturated carbocycles. The van der Waals surface area contributed by atoms with Crippen LogP contribution in [0, 0.1) is 0 Å². The molecule has 0 heterocycles. The molecule has 0 amide bonds. The Morgan fingerprint density at radius 1 is 1.00 bits per heavy atom. The van der Waals surface area contributed by atoms with Crippen molar-refractivity contribution in [1.82, 2.24) is 0 Å². The van der Waals surface area contributed by atoms with Gasteiger partial charge in [0, 0.05) is 6.07 Å². The summed E-state index contributed by atoms with van der Waals surface area (Å²) in [6.07, 6.45) is 2.76. The largest absolute Gasteiger partial charge is 0.508 e. The van der Waals surface area contributed by atoms with Gasteiger partial charge in [0.25, 0.3) is 0 Å². The Morgan fingerprint density at radius 2 is 1.61 bits per heavy atom. The fourth-order valence-corrected chi connectivity index (χ4v) is 2.00. The van der Waals surface area contributed by atoms with Crippen LogP contribution >= 0.6 is 0 Å². The van der Waals surface area contributed by atoms with Crippen LogP contribution in [0.5, 0.6) is 28.7 Å². The first-order valence-corrected chi connectivity index (χ1v) is 6.65. The minimum atomic E-state index is -0.437. The molecule has 0 aliphatic heterocycles. The summed E-state index contributed by atoms with van der Waals surface area (Å²) in [7, 11) is 2.81. The number of phenolic OH excluding ortho intramolecular Hbond substituents is 3. The average Bonchev–Trinajstić information content (AvgIpc) is 2.53. The molecule has 0 bridgehead atoms. The molecule has 0 radical (unpaired) electrons. The van der Waals surface area contributed by atoms with E-state index in [0.29, 0.717) is 5.56 Å². The molecule has 6 heteroatoms. The lowest BCUT2D eigenvalue weighted by atomic mass is 10.1. The Labute approximate surface area is 132 Å². The maximum atomic E-state index is 12.1. The van der Waals surface area contributed by atoms with Crippen molar-refractivity contribution in [2.75, 3.05) is 14.2 Å². The smallest absolute Gasteiger partial charge is 0.200 e. The first-order valence-electron chi connectivity index (χ1n) is 6.65. The molecule has 23 heavy (non-hydrogen) atoms. The van der Waals surface area contributed by atoms with Crippen molar-refractivity contribution in [2.45, 2.75) is 0 Å². The fraction of sp³-hybridized carbons (Fsp3) is 0.118. The number of rotatable bonds is 5. The maximum absolute atomic E-state index is 12.1.